The van der Waals surface area contributed by atoms with Crippen LogP contribution in [0, 0.1) is 23.2 Å². The number of benzene rings is 2. The smallest absolute Gasteiger partial charge is 0.481 e. The van der Waals surface area contributed by atoms with Crippen molar-refractivity contribution in [3.8, 4) is 27.1 Å². The summed E-state index contributed by atoms with van der Waals surface area (Å²) in [6, 6.07) is 14.8. The maximum absolute atomic E-state index is 11.1. The fourth-order valence-electron chi connectivity index (χ4n) is 4.49. The van der Waals surface area contributed by atoms with Crippen molar-refractivity contribution in [2.24, 2.45) is 11.8 Å². The number of likely N-dealkylation sites (tertiary alicyclic amines) is 1. The van der Waals surface area contributed by atoms with E-state index in [4.69, 9.17) is 15.0 Å². The van der Waals surface area contributed by atoms with E-state index in [0.29, 0.717) is 19.0 Å². The first-order chi connectivity index (χ1) is 18.8. The summed E-state index contributed by atoms with van der Waals surface area (Å²) in [5, 5.41) is 26.8. The Bertz CT molecular complexity index is 1410. The Morgan fingerprint density at radius 2 is 1.85 bits per heavy atom. The molecule has 2 heterocycles. The van der Waals surface area contributed by atoms with Crippen LogP contribution >= 0.6 is 11.3 Å². The number of thiazole rings is 1. The summed E-state index contributed by atoms with van der Waals surface area (Å²) in [6.07, 6.45) is -1.36. The van der Waals surface area contributed by atoms with Crippen LogP contribution in [0.25, 0.3) is 21.0 Å². The molecule has 1 aromatic heterocycles. The molecule has 2 aromatic carbocycles. The molecule has 2 N–H and O–H groups in total. The molecular weight excluding hydrogens is 543 g/mol. The number of rotatable bonds is 8. The summed E-state index contributed by atoms with van der Waals surface area (Å²) in [4.78, 5) is 28.0. The number of hydrogen-bond acceptors (Lipinski definition) is 6. The predicted molar refractivity (Wildman–Crippen MR) is 146 cm³/mol. The van der Waals surface area contributed by atoms with Crippen LogP contribution in [0.4, 0.5) is 13.2 Å². The highest BCUT2D eigenvalue weighted by Gasteiger charge is 2.38. The van der Waals surface area contributed by atoms with Gasteiger partial charge in [-0.3, -0.25) is 9.69 Å². The molecule has 1 aliphatic heterocycles. The Morgan fingerprint density at radius 1 is 1.18 bits per heavy atom. The Balaban J connectivity index is 0.000000559. The summed E-state index contributed by atoms with van der Waals surface area (Å²) in [7, 11) is 0. The molecule has 11 heteroatoms. The second kappa shape index (κ2) is 13.1. The Hall–Kier alpha value is -3.75. The third-order valence-corrected chi connectivity index (χ3v) is 7.53. The molecule has 1 aliphatic rings. The van der Waals surface area contributed by atoms with Crippen LogP contribution in [0.15, 0.2) is 42.6 Å². The van der Waals surface area contributed by atoms with Gasteiger partial charge in [0.2, 0.25) is 0 Å². The van der Waals surface area contributed by atoms with E-state index in [9.17, 15) is 23.2 Å². The van der Waals surface area contributed by atoms with Crippen LogP contribution in [-0.2, 0) is 29.0 Å². The molecule has 0 amide bonds. The van der Waals surface area contributed by atoms with Crippen LogP contribution in [-0.4, -0.2) is 51.3 Å². The van der Waals surface area contributed by atoms with E-state index >= 15 is 0 Å². The molecule has 7 nitrogen and oxygen atoms in total. The largest absolute Gasteiger partial charge is 0.490 e. The predicted octanol–water partition coefficient (Wildman–Crippen LogP) is 6.26. The number of carboxylic acids is 2. The second-order valence-corrected chi connectivity index (χ2v) is 11.0. The number of carboxylic acid groups (broad SMARTS) is 2. The van der Waals surface area contributed by atoms with Crippen LogP contribution in [0.1, 0.15) is 43.0 Å². The molecule has 212 valence electrons. The van der Waals surface area contributed by atoms with Crippen molar-refractivity contribution in [3.63, 3.8) is 0 Å². The van der Waals surface area contributed by atoms with Gasteiger partial charge in [-0.25, -0.2) is 9.78 Å². The monoisotopic (exact) mass is 573 g/mol. The number of aliphatic carboxylic acids is 2. The lowest BCUT2D eigenvalue weighted by Gasteiger charge is -2.37. The van der Waals surface area contributed by atoms with E-state index in [-0.39, 0.29) is 5.92 Å². The number of nitrogens with zero attached hydrogens (tertiary/aromatic N) is 3. The van der Waals surface area contributed by atoms with Gasteiger partial charge in [-0.1, -0.05) is 51.1 Å². The zero-order chi connectivity index (χ0) is 29.6. The fraction of sp³-hybridized carbons (Fsp3) is 0.379. The van der Waals surface area contributed by atoms with E-state index < -0.39 is 18.1 Å². The molecule has 4 rings (SSSR count). The number of carbonyl (C=O) groups is 2. The third kappa shape index (κ3) is 7.67. The third-order valence-electron chi connectivity index (χ3n) is 6.45. The van der Waals surface area contributed by atoms with Gasteiger partial charge < -0.3 is 10.2 Å². The van der Waals surface area contributed by atoms with Gasteiger partial charge >= 0.3 is 18.1 Å². The lowest BCUT2D eigenvalue weighted by molar-refractivity contribution is -0.192. The first kappa shape index (κ1) is 30.8. The standard InChI is InChI=1S/C27H29N3O2S.C2HF3O2/c1-4-23-20(14-30-15-22(16-30)27(31)32)6-5-7-24(23)25-13-29-26(33-25)19-9-8-18(10-17(2)3)21(11-19)12-28;3-2(4,5)1(6)7/h5-9,11,13,17,22H,4,10,14-16H2,1-3H3,(H,31,32);(H,6,7). The quantitative estimate of drug-likeness (QED) is 0.327. The Morgan fingerprint density at radius 3 is 2.40 bits per heavy atom. The SMILES string of the molecule is CCc1c(CN2CC(C(=O)O)C2)cccc1-c1cnc(-c2ccc(CC(C)C)c(C#N)c2)s1.O=C(O)C(F)(F)F. The molecule has 0 atom stereocenters. The van der Waals surface area contributed by atoms with Gasteiger partial charge in [0.1, 0.15) is 5.01 Å². The highest BCUT2D eigenvalue weighted by Crippen LogP contribution is 2.36. The molecule has 1 fully saturated rings. The minimum absolute atomic E-state index is 0.243. The second-order valence-electron chi connectivity index (χ2n) is 9.94. The summed E-state index contributed by atoms with van der Waals surface area (Å²) in [6.45, 7) is 8.48. The summed E-state index contributed by atoms with van der Waals surface area (Å²) in [5.74, 6) is -3.20. The van der Waals surface area contributed by atoms with Crippen molar-refractivity contribution in [1.82, 2.24) is 9.88 Å². The highest BCUT2D eigenvalue weighted by molar-refractivity contribution is 7.18. The molecular formula is C29H30F3N3O4S. The first-order valence-electron chi connectivity index (χ1n) is 12.7. The zero-order valence-corrected chi connectivity index (χ0v) is 23.1. The zero-order valence-electron chi connectivity index (χ0n) is 22.3. The number of aromatic nitrogens is 1. The van der Waals surface area contributed by atoms with Crippen molar-refractivity contribution < 1.29 is 33.0 Å². The maximum Gasteiger partial charge on any atom is 0.490 e. The van der Waals surface area contributed by atoms with E-state index in [1.165, 1.54) is 16.7 Å². The molecule has 40 heavy (non-hydrogen) atoms. The molecule has 0 spiro atoms. The van der Waals surface area contributed by atoms with Gasteiger partial charge in [-0.15, -0.1) is 11.3 Å². The Labute approximate surface area is 234 Å². The lowest BCUT2D eigenvalue weighted by Crippen LogP contribution is -2.49. The van der Waals surface area contributed by atoms with Gasteiger partial charge in [0.05, 0.1) is 22.4 Å². The van der Waals surface area contributed by atoms with Crippen LogP contribution in [0.5, 0.6) is 0 Å². The van der Waals surface area contributed by atoms with Crippen LogP contribution < -0.4 is 0 Å². The van der Waals surface area contributed by atoms with Crippen molar-refractivity contribution >= 4 is 23.3 Å². The average molecular weight is 574 g/mol. The molecule has 3 aromatic rings. The van der Waals surface area contributed by atoms with Crippen molar-refractivity contribution in [3.05, 3.63) is 64.8 Å². The maximum atomic E-state index is 11.1. The number of alkyl halides is 3. The molecule has 0 saturated carbocycles. The summed E-state index contributed by atoms with van der Waals surface area (Å²) < 4.78 is 31.7. The van der Waals surface area contributed by atoms with Gasteiger partial charge in [-0.2, -0.15) is 18.4 Å². The summed E-state index contributed by atoms with van der Waals surface area (Å²) >= 11 is 1.65. The van der Waals surface area contributed by atoms with Crippen LogP contribution in [0.3, 0.4) is 0 Å². The van der Waals surface area contributed by atoms with Gasteiger partial charge in [0.25, 0.3) is 0 Å². The lowest BCUT2D eigenvalue weighted by atomic mass is 9.94. The number of nitriles is 1. The molecule has 0 bridgehead atoms. The molecule has 0 radical (unpaired) electrons. The van der Waals surface area contributed by atoms with Gasteiger partial charge in [0.15, 0.2) is 0 Å². The first-order valence-corrected chi connectivity index (χ1v) is 13.5. The van der Waals surface area contributed by atoms with E-state index in [1.807, 2.05) is 12.3 Å². The number of halogens is 3. The fourth-order valence-corrected chi connectivity index (χ4v) is 5.46. The summed E-state index contributed by atoms with van der Waals surface area (Å²) in [5.41, 5.74) is 6.51. The van der Waals surface area contributed by atoms with Gasteiger partial charge in [0, 0.05) is 31.4 Å². The highest BCUT2D eigenvalue weighted by atomic mass is 32.1. The van der Waals surface area contributed by atoms with Crippen molar-refractivity contribution in [2.45, 2.75) is 46.3 Å². The minimum atomic E-state index is -5.08. The van der Waals surface area contributed by atoms with Gasteiger partial charge in [-0.05, 0) is 47.1 Å². The average Bonchev–Trinajstić information content (AvgIpc) is 3.35. The number of hydrogen-bond donors (Lipinski definition) is 2. The normalized spacial score (nSPS) is 13.8. The van der Waals surface area contributed by atoms with Crippen LogP contribution in [0.2, 0.25) is 0 Å². The van der Waals surface area contributed by atoms with E-state index in [1.54, 1.807) is 11.3 Å². The van der Waals surface area contributed by atoms with E-state index in [0.717, 1.165) is 46.0 Å². The molecule has 0 aliphatic carbocycles. The topological polar surface area (TPSA) is 115 Å². The Kier molecular flexibility index (Phi) is 10.1. The minimum Gasteiger partial charge on any atom is -0.481 e. The van der Waals surface area contributed by atoms with E-state index in [2.05, 4.69) is 67.1 Å². The van der Waals surface area contributed by atoms with Crippen molar-refractivity contribution in [1.29, 1.82) is 5.26 Å². The molecule has 0 unspecified atom stereocenters. The van der Waals surface area contributed by atoms with Crippen molar-refractivity contribution in [2.75, 3.05) is 13.1 Å². The molecule has 1 saturated heterocycles.